The minimum Gasteiger partial charge on any atom is -0.453 e. The van der Waals surface area contributed by atoms with Gasteiger partial charge in [0, 0.05) is 0 Å². The van der Waals surface area contributed by atoms with Crippen molar-refractivity contribution in [2.24, 2.45) is 11.8 Å². The van der Waals surface area contributed by atoms with E-state index < -0.39 is 23.5 Å². The molecular formula is C12H15F3O2. The highest BCUT2D eigenvalue weighted by molar-refractivity contribution is 5.86. The van der Waals surface area contributed by atoms with Gasteiger partial charge in [-0.25, -0.2) is 4.79 Å². The molecule has 0 aromatic heterocycles. The maximum atomic E-state index is 12.8. The smallest absolute Gasteiger partial charge is 0.373 e. The standard InChI is InChI=1S/C12H15F3O2/c1-2-12(6-7-3-4-8(12)5-7)17-11(16)9(13)10(14)15/h7-8H,2-6H2,1H3. The highest BCUT2D eigenvalue weighted by Crippen LogP contribution is 2.54. The van der Waals surface area contributed by atoms with Gasteiger partial charge in [-0.1, -0.05) is 6.92 Å². The van der Waals surface area contributed by atoms with Crippen LogP contribution >= 0.6 is 0 Å². The second-order valence-corrected chi connectivity index (χ2v) is 4.96. The lowest BCUT2D eigenvalue weighted by Crippen LogP contribution is -2.40. The Kier molecular flexibility index (Phi) is 3.19. The van der Waals surface area contributed by atoms with Crippen molar-refractivity contribution in [1.29, 1.82) is 0 Å². The summed E-state index contributed by atoms with van der Waals surface area (Å²) in [6.07, 6.45) is 1.63. The van der Waals surface area contributed by atoms with E-state index in [1.807, 2.05) is 6.92 Å². The molecule has 96 valence electrons. The minimum absolute atomic E-state index is 0.205. The zero-order valence-electron chi connectivity index (χ0n) is 9.64. The Morgan fingerprint density at radius 1 is 1.35 bits per heavy atom. The number of hydrogen-bond donors (Lipinski definition) is 0. The lowest BCUT2D eigenvalue weighted by Gasteiger charge is -2.36. The van der Waals surface area contributed by atoms with Gasteiger partial charge in [0.2, 0.25) is 0 Å². The first kappa shape index (κ1) is 12.5. The number of hydrogen-bond acceptors (Lipinski definition) is 2. The van der Waals surface area contributed by atoms with Crippen molar-refractivity contribution in [3.05, 3.63) is 11.9 Å². The maximum Gasteiger partial charge on any atom is 0.373 e. The van der Waals surface area contributed by atoms with Gasteiger partial charge in [0.15, 0.2) is 0 Å². The summed E-state index contributed by atoms with van der Waals surface area (Å²) >= 11 is 0. The van der Waals surface area contributed by atoms with Gasteiger partial charge in [0.1, 0.15) is 5.60 Å². The molecule has 0 saturated heterocycles. The lowest BCUT2D eigenvalue weighted by molar-refractivity contribution is -0.163. The van der Waals surface area contributed by atoms with Crippen LogP contribution in [-0.2, 0) is 9.53 Å². The first-order valence-corrected chi connectivity index (χ1v) is 5.92. The number of rotatable bonds is 3. The molecule has 2 saturated carbocycles. The topological polar surface area (TPSA) is 26.3 Å². The summed E-state index contributed by atoms with van der Waals surface area (Å²) in [5.74, 6) is -2.87. The summed E-state index contributed by atoms with van der Waals surface area (Å²) in [4.78, 5) is 11.2. The van der Waals surface area contributed by atoms with Crippen molar-refractivity contribution < 1.29 is 22.7 Å². The molecule has 0 aromatic rings. The van der Waals surface area contributed by atoms with E-state index in [-0.39, 0.29) is 5.92 Å². The summed E-state index contributed by atoms with van der Waals surface area (Å²) < 4.78 is 41.8. The van der Waals surface area contributed by atoms with Gasteiger partial charge in [0.05, 0.1) is 0 Å². The largest absolute Gasteiger partial charge is 0.453 e. The number of carbonyl (C=O) groups excluding carboxylic acids is 1. The average molecular weight is 248 g/mol. The van der Waals surface area contributed by atoms with Crippen molar-refractivity contribution in [3.63, 3.8) is 0 Å². The molecule has 17 heavy (non-hydrogen) atoms. The van der Waals surface area contributed by atoms with Crippen LogP contribution in [0.15, 0.2) is 11.9 Å². The summed E-state index contributed by atoms with van der Waals surface area (Å²) in [6, 6.07) is 0. The van der Waals surface area contributed by atoms with Gasteiger partial charge in [-0.3, -0.25) is 0 Å². The van der Waals surface area contributed by atoms with Crippen LogP contribution in [0.2, 0.25) is 0 Å². The van der Waals surface area contributed by atoms with Crippen LogP contribution in [0.4, 0.5) is 13.2 Å². The Hall–Kier alpha value is -1.00. The fraction of sp³-hybridized carbons (Fsp3) is 0.750. The third-order valence-corrected chi connectivity index (χ3v) is 4.16. The lowest BCUT2D eigenvalue weighted by atomic mass is 9.82. The zero-order chi connectivity index (χ0) is 12.6. The van der Waals surface area contributed by atoms with Gasteiger partial charge >= 0.3 is 12.0 Å². The van der Waals surface area contributed by atoms with Crippen molar-refractivity contribution in [1.82, 2.24) is 0 Å². The van der Waals surface area contributed by atoms with E-state index in [1.165, 1.54) is 0 Å². The van der Waals surface area contributed by atoms with Crippen molar-refractivity contribution in [2.45, 2.75) is 44.6 Å². The van der Waals surface area contributed by atoms with E-state index >= 15 is 0 Å². The summed E-state index contributed by atoms with van der Waals surface area (Å²) in [6.45, 7) is 1.85. The fourth-order valence-corrected chi connectivity index (χ4v) is 3.33. The van der Waals surface area contributed by atoms with E-state index in [9.17, 15) is 18.0 Å². The predicted molar refractivity (Wildman–Crippen MR) is 54.9 cm³/mol. The Balaban J connectivity index is 2.11. The van der Waals surface area contributed by atoms with E-state index in [4.69, 9.17) is 4.74 Å². The zero-order valence-corrected chi connectivity index (χ0v) is 9.64. The maximum absolute atomic E-state index is 12.8. The summed E-state index contributed by atoms with van der Waals surface area (Å²) in [5, 5.41) is 0. The molecule has 0 N–H and O–H groups in total. The first-order chi connectivity index (χ1) is 7.98. The molecule has 2 nitrogen and oxygen atoms in total. The van der Waals surface area contributed by atoms with Crippen molar-refractivity contribution in [2.75, 3.05) is 0 Å². The average Bonchev–Trinajstić information content (AvgIpc) is 2.88. The molecule has 3 atom stereocenters. The molecule has 2 aliphatic carbocycles. The molecule has 0 aliphatic heterocycles. The quantitative estimate of drug-likeness (QED) is 0.563. The van der Waals surface area contributed by atoms with Crippen LogP contribution in [0.1, 0.15) is 39.0 Å². The van der Waals surface area contributed by atoms with E-state index in [1.54, 1.807) is 0 Å². The molecule has 3 unspecified atom stereocenters. The number of halogens is 3. The van der Waals surface area contributed by atoms with E-state index in [0.29, 0.717) is 18.8 Å². The van der Waals surface area contributed by atoms with Gasteiger partial charge in [-0.2, -0.15) is 13.2 Å². The Morgan fingerprint density at radius 3 is 2.47 bits per heavy atom. The third kappa shape index (κ3) is 2.07. The molecule has 0 aromatic carbocycles. The molecule has 0 spiro atoms. The SMILES string of the molecule is CCC1(OC(=O)C(F)=C(F)F)CC2CCC1C2. The molecule has 2 rings (SSSR count). The molecular weight excluding hydrogens is 233 g/mol. The van der Waals surface area contributed by atoms with Crippen LogP contribution in [0.3, 0.4) is 0 Å². The third-order valence-electron chi connectivity index (χ3n) is 4.16. The molecule has 0 heterocycles. The first-order valence-electron chi connectivity index (χ1n) is 5.92. The number of carbonyl (C=O) groups is 1. The molecule has 5 heteroatoms. The Bertz CT molecular complexity index is 363. The van der Waals surface area contributed by atoms with Crippen LogP contribution in [-0.4, -0.2) is 11.6 Å². The molecule has 2 aliphatic rings. The molecule has 0 amide bonds. The molecule has 0 radical (unpaired) electrons. The van der Waals surface area contributed by atoms with Crippen molar-refractivity contribution >= 4 is 5.97 Å². The van der Waals surface area contributed by atoms with Gasteiger partial charge in [-0.15, -0.1) is 0 Å². The number of esters is 1. The van der Waals surface area contributed by atoms with E-state index in [0.717, 1.165) is 19.3 Å². The van der Waals surface area contributed by atoms with Gasteiger partial charge in [-0.05, 0) is 43.9 Å². The normalized spacial score (nSPS) is 34.8. The summed E-state index contributed by atoms with van der Waals surface area (Å²) in [7, 11) is 0. The highest BCUT2D eigenvalue weighted by Gasteiger charge is 2.53. The van der Waals surface area contributed by atoms with Gasteiger partial charge in [0.25, 0.3) is 5.83 Å². The van der Waals surface area contributed by atoms with Crippen molar-refractivity contribution in [3.8, 4) is 0 Å². The predicted octanol–water partition coefficient (Wildman–Crippen LogP) is 3.58. The Labute approximate surface area is 97.8 Å². The molecule has 2 bridgehead atoms. The monoisotopic (exact) mass is 248 g/mol. The second-order valence-electron chi connectivity index (χ2n) is 4.96. The second kappa shape index (κ2) is 4.35. The van der Waals surface area contributed by atoms with Gasteiger partial charge < -0.3 is 4.74 Å². The van der Waals surface area contributed by atoms with Crippen LogP contribution in [0.5, 0.6) is 0 Å². The minimum atomic E-state index is -2.61. The van der Waals surface area contributed by atoms with E-state index in [2.05, 4.69) is 0 Å². The highest BCUT2D eigenvalue weighted by atomic mass is 19.3. The molecule has 2 fully saturated rings. The van der Waals surface area contributed by atoms with Crippen LogP contribution in [0, 0.1) is 11.8 Å². The number of ether oxygens (including phenoxy) is 1. The fourth-order valence-electron chi connectivity index (χ4n) is 3.33. The summed E-state index contributed by atoms with van der Waals surface area (Å²) in [5.41, 5.74) is -0.715. The van der Waals surface area contributed by atoms with Crippen LogP contribution in [0.25, 0.3) is 0 Å². The van der Waals surface area contributed by atoms with Crippen LogP contribution < -0.4 is 0 Å². The Morgan fingerprint density at radius 2 is 2.06 bits per heavy atom. The number of fused-ring (bicyclic) bond motifs is 2.